The predicted octanol–water partition coefficient (Wildman–Crippen LogP) is 3.10. The van der Waals surface area contributed by atoms with Gasteiger partial charge in [-0.3, -0.25) is 4.90 Å². The number of morpholine rings is 1. The van der Waals surface area contributed by atoms with Crippen LogP contribution in [0.5, 0.6) is 0 Å². The number of amides is 1. The normalized spacial score (nSPS) is 21.7. The first-order valence-corrected chi connectivity index (χ1v) is 10.1. The van der Waals surface area contributed by atoms with Gasteiger partial charge in [0.05, 0.1) is 13.2 Å². The first-order valence-electron chi connectivity index (χ1n) is 10.1. The Labute approximate surface area is 167 Å². The van der Waals surface area contributed by atoms with E-state index in [9.17, 15) is 9.18 Å². The van der Waals surface area contributed by atoms with E-state index in [1.807, 2.05) is 39.8 Å². The van der Waals surface area contributed by atoms with Gasteiger partial charge in [-0.1, -0.05) is 6.07 Å². The summed E-state index contributed by atoms with van der Waals surface area (Å²) in [5.74, 6) is -0.175. The van der Waals surface area contributed by atoms with Gasteiger partial charge in [-0.05, 0) is 39.8 Å². The van der Waals surface area contributed by atoms with E-state index in [4.69, 9.17) is 9.47 Å². The number of hydrogen-bond donors (Lipinski definition) is 0. The lowest BCUT2D eigenvalue weighted by Crippen LogP contribution is -2.54. The maximum absolute atomic E-state index is 14.7. The van der Waals surface area contributed by atoms with Crippen molar-refractivity contribution in [2.24, 2.45) is 0 Å². The highest BCUT2D eigenvalue weighted by Gasteiger charge is 2.31. The molecule has 2 heterocycles. The van der Waals surface area contributed by atoms with Crippen molar-refractivity contribution in [3.63, 3.8) is 0 Å². The fourth-order valence-electron chi connectivity index (χ4n) is 3.69. The molecule has 2 fully saturated rings. The third-order valence-corrected chi connectivity index (χ3v) is 5.15. The number of anilines is 1. The number of carbonyl (C=O) groups is 1. The third-order valence-electron chi connectivity index (χ3n) is 5.15. The summed E-state index contributed by atoms with van der Waals surface area (Å²) in [5, 5.41) is 0. The van der Waals surface area contributed by atoms with Gasteiger partial charge in [-0.2, -0.15) is 0 Å². The average Bonchev–Trinajstić information content (AvgIpc) is 2.62. The fourth-order valence-corrected chi connectivity index (χ4v) is 3.69. The Bertz CT molecular complexity index is 686. The molecule has 156 valence electrons. The second-order valence-corrected chi connectivity index (χ2v) is 8.63. The molecular weight excluding hydrogens is 361 g/mol. The molecule has 0 bridgehead atoms. The molecule has 2 aliphatic heterocycles. The van der Waals surface area contributed by atoms with E-state index in [-0.39, 0.29) is 18.0 Å². The lowest BCUT2D eigenvalue weighted by atomic mass is 10.1. The third kappa shape index (κ3) is 5.35. The molecule has 0 unspecified atom stereocenters. The summed E-state index contributed by atoms with van der Waals surface area (Å²) in [4.78, 5) is 18.4. The SMILES string of the molecule is C[C@H]1CN(Cc2ccc(N3CCOCC3)cc2F)CCN1C(=O)OC(C)(C)C. The summed E-state index contributed by atoms with van der Waals surface area (Å²) < 4.78 is 25.5. The summed E-state index contributed by atoms with van der Waals surface area (Å²) in [6.07, 6.45) is -0.277. The summed E-state index contributed by atoms with van der Waals surface area (Å²) in [6, 6.07) is 5.52. The van der Waals surface area contributed by atoms with E-state index in [0.717, 1.165) is 18.8 Å². The molecule has 2 saturated heterocycles. The quantitative estimate of drug-likeness (QED) is 0.790. The predicted molar refractivity (Wildman–Crippen MR) is 107 cm³/mol. The molecule has 1 aromatic carbocycles. The van der Waals surface area contributed by atoms with Crippen LogP contribution in [0.15, 0.2) is 18.2 Å². The first-order chi connectivity index (χ1) is 13.2. The second kappa shape index (κ2) is 8.66. The summed E-state index contributed by atoms with van der Waals surface area (Å²) in [7, 11) is 0. The summed E-state index contributed by atoms with van der Waals surface area (Å²) in [5.41, 5.74) is 1.10. The number of rotatable bonds is 3. The second-order valence-electron chi connectivity index (χ2n) is 8.63. The number of hydrogen-bond acceptors (Lipinski definition) is 5. The maximum atomic E-state index is 14.7. The molecule has 0 N–H and O–H groups in total. The van der Waals surface area contributed by atoms with Gasteiger partial charge in [0.1, 0.15) is 11.4 Å². The zero-order chi connectivity index (χ0) is 20.3. The molecule has 3 rings (SSSR count). The number of halogens is 1. The van der Waals surface area contributed by atoms with Crippen molar-refractivity contribution in [2.75, 3.05) is 50.8 Å². The van der Waals surface area contributed by atoms with Crippen LogP contribution in [-0.4, -0.2) is 73.5 Å². The molecule has 0 radical (unpaired) electrons. The molecule has 28 heavy (non-hydrogen) atoms. The Morgan fingerprint density at radius 2 is 1.93 bits per heavy atom. The fraction of sp³-hybridized carbons (Fsp3) is 0.667. The molecule has 1 amide bonds. The van der Waals surface area contributed by atoms with Crippen molar-refractivity contribution in [2.45, 2.75) is 45.9 Å². The van der Waals surface area contributed by atoms with E-state index in [1.54, 1.807) is 11.0 Å². The van der Waals surface area contributed by atoms with E-state index in [2.05, 4.69) is 9.80 Å². The molecule has 0 spiro atoms. The Morgan fingerprint density at radius 3 is 2.54 bits per heavy atom. The first kappa shape index (κ1) is 20.9. The van der Waals surface area contributed by atoms with E-state index >= 15 is 0 Å². The van der Waals surface area contributed by atoms with E-state index in [0.29, 0.717) is 45.0 Å². The Morgan fingerprint density at radius 1 is 1.21 bits per heavy atom. The monoisotopic (exact) mass is 393 g/mol. The number of ether oxygens (including phenoxy) is 2. The van der Waals surface area contributed by atoms with Gasteiger partial charge in [0.25, 0.3) is 0 Å². The molecule has 0 aromatic heterocycles. The van der Waals surface area contributed by atoms with Crippen molar-refractivity contribution >= 4 is 11.8 Å². The van der Waals surface area contributed by atoms with Crippen LogP contribution in [0, 0.1) is 5.82 Å². The highest BCUT2D eigenvalue weighted by molar-refractivity contribution is 5.68. The van der Waals surface area contributed by atoms with E-state index in [1.165, 1.54) is 0 Å². The lowest BCUT2D eigenvalue weighted by molar-refractivity contribution is 0.000440. The van der Waals surface area contributed by atoms with Crippen LogP contribution < -0.4 is 4.90 Å². The van der Waals surface area contributed by atoms with Crippen molar-refractivity contribution in [3.05, 3.63) is 29.6 Å². The molecule has 2 aliphatic rings. The minimum Gasteiger partial charge on any atom is -0.444 e. The van der Waals surface area contributed by atoms with Gasteiger partial charge >= 0.3 is 6.09 Å². The number of benzene rings is 1. The van der Waals surface area contributed by atoms with Crippen molar-refractivity contribution in [3.8, 4) is 0 Å². The minimum atomic E-state index is -0.501. The van der Waals surface area contributed by atoms with Gasteiger partial charge in [0.15, 0.2) is 0 Å². The standard InChI is InChI=1S/C21H32FN3O3/c1-16-14-23(7-8-25(16)20(26)28-21(2,3)4)15-17-5-6-18(13-19(17)22)24-9-11-27-12-10-24/h5-6,13,16H,7-12,14-15H2,1-4H3/t16-/m0/s1. The molecule has 6 nitrogen and oxygen atoms in total. The topological polar surface area (TPSA) is 45.2 Å². The highest BCUT2D eigenvalue weighted by atomic mass is 19.1. The average molecular weight is 394 g/mol. The highest BCUT2D eigenvalue weighted by Crippen LogP contribution is 2.22. The molecular formula is C21H32FN3O3. The zero-order valence-corrected chi connectivity index (χ0v) is 17.4. The Hall–Kier alpha value is -1.86. The molecule has 1 aromatic rings. The summed E-state index contributed by atoms with van der Waals surface area (Å²) >= 11 is 0. The number of carbonyl (C=O) groups excluding carboxylic acids is 1. The van der Waals surface area contributed by atoms with Gasteiger partial charge in [0, 0.05) is 56.6 Å². The Kier molecular flexibility index (Phi) is 6.45. The van der Waals surface area contributed by atoms with Crippen LogP contribution in [0.1, 0.15) is 33.3 Å². The summed E-state index contributed by atoms with van der Waals surface area (Å²) in [6.45, 7) is 13.1. The van der Waals surface area contributed by atoms with Crippen LogP contribution >= 0.6 is 0 Å². The van der Waals surface area contributed by atoms with Crippen LogP contribution in [0.2, 0.25) is 0 Å². The number of nitrogens with zero attached hydrogens (tertiary/aromatic N) is 3. The molecule has 7 heteroatoms. The largest absolute Gasteiger partial charge is 0.444 e. The molecule has 0 saturated carbocycles. The smallest absolute Gasteiger partial charge is 0.410 e. The van der Waals surface area contributed by atoms with Crippen LogP contribution in [-0.2, 0) is 16.0 Å². The van der Waals surface area contributed by atoms with Crippen molar-refractivity contribution < 1.29 is 18.7 Å². The van der Waals surface area contributed by atoms with Crippen molar-refractivity contribution in [1.29, 1.82) is 0 Å². The minimum absolute atomic E-state index is 0.0271. The van der Waals surface area contributed by atoms with Gasteiger partial charge in [0.2, 0.25) is 0 Å². The van der Waals surface area contributed by atoms with Gasteiger partial charge < -0.3 is 19.3 Å². The zero-order valence-electron chi connectivity index (χ0n) is 17.4. The lowest BCUT2D eigenvalue weighted by Gasteiger charge is -2.40. The Balaban J connectivity index is 1.57. The molecule has 1 atom stereocenters. The van der Waals surface area contributed by atoms with Crippen LogP contribution in [0.3, 0.4) is 0 Å². The molecule has 0 aliphatic carbocycles. The van der Waals surface area contributed by atoms with Gasteiger partial charge in [-0.25, -0.2) is 9.18 Å². The van der Waals surface area contributed by atoms with E-state index < -0.39 is 5.60 Å². The van der Waals surface area contributed by atoms with Crippen molar-refractivity contribution in [1.82, 2.24) is 9.80 Å². The van der Waals surface area contributed by atoms with Gasteiger partial charge in [-0.15, -0.1) is 0 Å². The van der Waals surface area contributed by atoms with Crippen LogP contribution in [0.25, 0.3) is 0 Å². The van der Waals surface area contributed by atoms with Crippen LogP contribution in [0.4, 0.5) is 14.9 Å². The maximum Gasteiger partial charge on any atom is 0.410 e. The number of piperazine rings is 1.